The Bertz CT molecular complexity index is 807. The molecule has 6 heteroatoms. The van der Waals surface area contributed by atoms with Crippen molar-refractivity contribution >= 4 is 5.91 Å². The van der Waals surface area contributed by atoms with Gasteiger partial charge in [-0.1, -0.05) is 84.0 Å². The van der Waals surface area contributed by atoms with Crippen LogP contribution in [0, 0.1) is 6.92 Å². The van der Waals surface area contributed by atoms with Crippen LogP contribution in [-0.4, -0.2) is 48.3 Å². The van der Waals surface area contributed by atoms with Crippen LogP contribution in [0.2, 0.25) is 0 Å². The number of carbonyl (C=O) groups excluding carboxylic acids is 1. The molecule has 1 aromatic rings. The predicted molar refractivity (Wildman–Crippen MR) is 152 cm³/mol. The first kappa shape index (κ1) is 31.6. The first-order valence-electron chi connectivity index (χ1n) is 15.0. The summed E-state index contributed by atoms with van der Waals surface area (Å²) in [6, 6.07) is 0. The van der Waals surface area contributed by atoms with Crippen molar-refractivity contribution in [3.8, 4) is 5.75 Å². The topological polar surface area (TPSA) is 60.5 Å². The largest absolute Gasteiger partial charge is 0.461 e. The molecular weight excluding hydrogens is 462 g/mol. The summed E-state index contributed by atoms with van der Waals surface area (Å²) in [6.07, 6.45) is 19.8. The lowest BCUT2D eigenvalue weighted by Gasteiger charge is -2.36. The van der Waals surface area contributed by atoms with Crippen LogP contribution in [-0.2, 0) is 22.7 Å². The van der Waals surface area contributed by atoms with Gasteiger partial charge in [-0.15, -0.1) is 0 Å². The first-order valence-corrected chi connectivity index (χ1v) is 15.0. The SMILES string of the molecule is CCCCCCCCCCCCCCCC(=O)NCC[N+](C)(C)Cc1cnc(C)c2c1COC(C)(C)O2. The van der Waals surface area contributed by atoms with E-state index in [9.17, 15) is 4.79 Å². The summed E-state index contributed by atoms with van der Waals surface area (Å²) < 4.78 is 12.7. The van der Waals surface area contributed by atoms with Gasteiger partial charge >= 0.3 is 0 Å². The third-order valence-corrected chi connectivity index (χ3v) is 7.46. The molecule has 0 bridgehead atoms. The molecule has 212 valence electrons. The number of amides is 1. The number of hydrogen-bond donors (Lipinski definition) is 1. The lowest BCUT2D eigenvalue weighted by Crippen LogP contribution is -2.45. The number of hydrogen-bond acceptors (Lipinski definition) is 4. The maximum Gasteiger partial charge on any atom is 0.220 e. The monoisotopic (exact) mass is 518 g/mol. The minimum absolute atomic E-state index is 0.182. The number of nitrogens with one attached hydrogen (secondary N) is 1. The molecule has 1 amide bonds. The van der Waals surface area contributed by atoms with Gasteiger partial charge in [0.15, 0.2) is 0 Å². The van der Waals surface area contributed by atoms with E-state index in [-0.39, 0.29) is 5.91 Å². The molecule has 2 rings (SSSR count). The van der Waals surface area contributed by atoms with Gasteiger partial charge in [-0.3, -0.25) is 9.78 Å². The summed E-state index contributed by atoms with van der Waals surface area (Å²) in [5.74, 6) is 0.418. The number of fused-ring (bicyclic) bond motifs is 1. The molecule has 2 heterocycles. The maximum atomic E-state index is 12.3. The molecule has 0 spiro atoms. The number of nitrogens with zero attached hydrogens (tertiary/aromatic N) is 2. The van der Waals surface area contributed by atoms with E-state index in [2.05, 4.69) is 31.3 Å². The van der Waals surface area contributed by atoms with Crippen LogP contribution in [0.25, 0.3) is 0 Å². The highest BCUT2D eigenvalue weighted by atomic mass is 16.7. The molecule has 1 aliphatic rings. The van der Waals surface area contributed by atoms with Crippen LogP contribution in [0.5, 0.6) is 5.75 Å². The van der Waals surface area contributed by atoms with Gasteiger partial charge < -0.3 is 19.3 Å². The summed E-state index contributed by atoms with van der Waals surface area (Å²) >= 11 is 0. The number of aromatic nitrogens is 1. The molecule has 0 radical (unpaired) electrons. The van der Waals surface area contributed by atoms with Crippen LogP contribution >= 0.6 is 0 Å². The van der Waals surface area contributed by atoms with Crippen molar-refractivity contribution in [1.82, 2.24) is 10.3 Å². The van der Waals surface area contributed by atoms with Crippen molar-refractivity contribution < 1.29 is 18.8 Å². The van der Waals surface area contributed by atoms with E-state index >= 15 is 0 Å². The average Bonchev–Trinajstić information content (AvgIpc) is 2.83. The number of unbranched alkanes of at least 4 members (excludes halogenated alkanes) is 12. The molecule has 0 aromatic carbocycles. The van der Waals surface area contributed by atoms with Crippen molar-refractivity contribution in [2.75, 3.05) is 27.2 Å². The van der Waals surface area contributed by atoms with Gasteiger partial charge in [0.1, 0.15) is 12.3 Å². The summed E-state index contributed by atoms with van der Waals surface area (Å²) in [5.41, 5.74) is 3.16. The third kappa shape index (κ3) is 12.6. The van der Waals surface area contributed by atoms with E-state index < -0.39 is 5.79 Å². The van der Waals surface area contributed by atoms with E-state index in [0.717, 1.165) is 46.6 Å². The smallest absolute Gasteiger partial charge is 0.220 e. The number of ether oxygens (including phenoxy) is 2. The number of carbonyl (C=O) groups is 1. The predicted octanol–water partition coefficient (Wildman–Crippen LogP) is 7.21. The van der Waals surface area contributed by atoms with Crippen molar-refractivity contribution in [3.05, 3.63) is 23.0 Å². The number of pyridine rings is 1. The molecule has 37 heavy (non-hydrogen) atoms. The van der Waals surface area contributed by atoms with Gasteiger partial charge in [-0.05, 0) is 13.3 Å². The Labute approximate surface area is 227 Å². The first-order chi connectivity index (χ1) is 17.6. The summed E-state index contributed by atoms with van der Waals surface area (Å²) in [5, 5.41) is 3.13. The number of quaternary nitrogens is 1. The fourth-order valence-corrected chi connectivity index (χ4v) is 5.06. The molecule has 0 saturated heterocycles. The standard InChI is InChI=1S/C31H55N3O3/c1-7-8-9-10-11-12-13-14-15-16-17-18-19-20-29(35)32-21-22-34(5,6)24-27-23-33-26(2)30-28(27)25-36-31(3,4)37-30/h23H,7-22,24-25H2,1-6H3/p+1. The Morgan fingerprint density at radius 1 is 0.973 bits per heavy atom. The molecule has 0 fully saturated rings. The van der Waals surface area contributed by atoms with Crippen LogP contribution in [0.15, 0.2) is 6.20 Å². The van der Waals surface area contributed by atoms with Crippen molar-refractivity contribution in [2.24, 2.45) is 0 Å². The highest BCUT2D eigenvalue weighted by molar-refractivity contribution is 5.75. The second kappa shape index (κ2) is 16.3. The number of likely N-dealkylation sites (N-methyl/N-ethyl adjacent to an activating group) is 1. The molecular formula is C31H56N3O3+. The Balaban J connectivity index is 1.55. The highest BCUT2D eigenvalue weighted by Crippen LogP contribution is 2.35. The summed E-state index contributed by atoms with van der Waals surface area (Å²) in [4.78, 5) is 16.9. The van der Waals surface area contributed by atoms with Gasteiger partial charge in [0.25, 0.3) is 0 Å². The van der Waals surface area contributed by atoms with E-state index in [1.54, 1.807) is 0 Å². The van der Waals surface area contributed by atoms with E-state index in [0.29, 0.717) is 19.6 Å². The van der Waals surface area contributed by atoms with E-state index in [1.165, 1.54) is 77.0 Å². The van der Waals surface area contributed by atoms with Crippen LogP contribution in [0.3, 0.4) is 0 Å². The fourth-order valence-electron chi connectivity index (χ4n) is 5.06. The van der Waals surface area contributed by atoms with Gasteiger partial charge in [-0.25, -0.2) is 0 Å². The fraction of sp³-hybridized carbons (Fsp3) is 0.806. The molecule has 1 aliphatic heterocycles. The minimum Gasteiger partial charge on any atom is -0.461 e. The van der Waals surface area contributed by atoms with Crippen molar-refractivity contribution in [2.45, 2.75) is 137 Å². The summed E-state index contributed by atoms with van der Waals surface area (Å²) in [7, 11) is 4.39. The third-order valence-electron chi connectivity index (χ3n) is 7.46. The lowest BCUT2D eigenvalue weighted by atomic mass is 10.0. The second-order valence-electron chi connectivity index (χ2n) is 12.1. The molecule has 0 saturated carbocycles. The zero-order valence-corrected chi connectivity index (χ0v) is 24.9. The number of aryl methyl sites for hydroxylation is 1. The van der Waals surface area contributed by atoms with Gasteiger partial charge in [0, 0.05) is 37.6 Å². The quantitative estimate of drug-likeness (QED) is 0.155. The average molecular weight is 519 g/mol. The molecule has 6 nitrogen and oxygen atoms in total. The molecule has 1 aromatic heterocycles. The summed E-state index contributed by atoms with van der Waals surface area (Å²) in [6.45, 7) is 11.0. The minimum atomic E-state index is -0.625. The maximum absolute atomic E-state index is 12.3. The van der Waals surface area contributed by atoms with Gasteiger partial charge in [-0.2, -0.15) is 0 Å². The highest BCUT2D eigenvalue weighted by Gasteiger charge is 2.32. The normalized spacial score (nSPS) is 14.8. The zero-order valence-electron chi connectivity index (χ0n) is 24.9. The van der Waals surface area contributed by atoms with Crippen molar-refractivity contribution in [1.29, 1.82) is 0 Å². The van der Waals surface area contributed by atoms with E-state index in [4.69, 9.17) is 9.47 Å². The van der Waals surface area contributed by atoms with Crippen LogP contribution in [0.1, 0.15) is 127 Å². The Morgan fingerprint density at radius 2 is 1.54 bits per heavy atom. The van der Waals surface area contributed by atoms with Crippen LogP contribution < -0.4 is 10.1 Å². The van der Waals surface area contributed by atoms with Gasteiger partial charge in [0.05, 0.1) is 39.5 Å². The van der Waals surface area contributed by atoms with E-state index in [1.807, 2.05) is 27.0 Å². The Kier molecular flexibility index (Phi) is 13.9. The molecule has 0 aliphatic carbocycles. The second-order valence-corrected chi connectivity index (χ2v) is 12.1. The molecule has 0 unspecified atom stereocenters. The van der Waals surface area contributed by atoms with Crippen molar-refractivity contribution in [3.63, 3.8) is 0 Å². The molecule has 1 N–H and O–H groups in total. The van der Waals surface area contributed by atoms with Crippen LogP contribution in [0.4, 0.5) is 0 Å². The van der Waals surface area contributed by atoms with Gasteiger partial charge in [0.2, 0.25) is 11.7 Å². The molecule has 0 atom stereocenters. The Morgan fingerprint density at radius 3 is 2.14 bits per heavy atom. The lowest BCUT2D eigenvalue weighted by molar-refractivity contribution is -0.902. The Hall–Kier alpha value is -1.66. The number of rotatable bonds is 19. The zero-order chi connectivity index (χ0) is 27.2.